The lowest BCUT2D eigenvalue weighted by atomic mass is 9.68. The van der Waals surface area contributed by atoms with Crippen LogP contribution in [-0.2, 0) is 10.2 Å². The van der Waals surface area contributed by atoms with Crippen molar-refractivity contribution in [1.29, 1.82) is 0 Å². The number of ether oxygens (including phenoxy) is 1. The van der Waals surface area contributed by atoms with Crippen LogP contribution in [0.25, 0.3) is 0 Å². The largest absolute Gasteiger partial charge is 0.457 e. The summed E-state index contributed by atoms with van der Waals surface area (Å²) < 4.78 is 19.3. The fourth-order valence-electron chi connectivity index (χ4n) is 5.00. The van der Waals surface area contributed by atoms with Crippen molar-refractivity contribution in [1.82, 2.24) is 4.90 Å². The van der Waals surface area contributed by atoms with Crippen molar-refractivity contribution in [2.75, 3.05) is 19.6 Å². The van der Waals surface area contributed by atoms with Crippen LogP contribution < -0.4 is 4.74 Å². The molecule has 0 saturated carbocycles. The lowest BCUT2D eigenvalue weighted by Crippen LogP contribution is -2.47. The van der Waals surface area contributed by atoms with Crippen LogP contribution >= 0.6 is 0 Å². The highest BCUT2D eigenvalue weighted by Crippen LogP contribution is 2.43. The number of hydrogen-bond acceptors (Lipinski definition) is 4. The van der Waals surface area contributed by atoms with Crippen LogP contribution in [0.2, 0.25) is 0 Å². The molecule has 0 atom stereocenters. The van der Waals surface area contributed by atoms with E-state index in [2.05, 4.69) is 4.90 Å². The van der Waals surface area contributed by atoms with Gasteiger partial charge in [0.05, 0.1) is 5.41 Å². The SMILES string of the molecule is CCC(=O)C1(c2ccccc2Oc2ccccc2)CCN(CCCC(=O)c2ccc(F)cc2)CC1. The summed E-state index contributed by atoms with van der Waals surface area (Å²) in [5, 5.41) is 0. The van der Waals surface area contributed by atoms with Gasteiger partial charge in [0.1, 0.15) is 23.1 Å². The maximum atomic E-state index is 13.3. The van der Waals surface area contributed by atoms with Crippen molar-refractivity contribution < 1.29 is 18.7 Å². The molecule has 4 rings (SSSR count). The van der Waals surface area contributed by atoms with E-state index >= 15 is 0 Å². The Morgan fingerprint density at radius 2 is 1.57 bits per heavy atom. The van der Waals surface area contributed by atoms with Crippen LogP contribution in [0, 0.1) is 5.82 Å². The van der Waals surface area contributed by atoms with Crippen molar-refractivity contribution in [3.8, 4) is 11.5 Å². The minimum Gasteiger partial charge on any atom is -0.457 e. The molecular weight excluding hydrogens is 441 g/mol. The van der Waals surface area contributed by atoms with Crippen molar-refractivity contribution in [2.45, 2.75) is 44.4 Å². The number of halogens is 1. The molecule has 0 unspecified atom stereocenters. The molecule has 4 nitrogen and oxygen atoms in total. The predicted molar refractivity (Wildman–Crippen MR) is 136 cm³/mol. The molecule has 5 heteroatoms. The van der Waals surface area contributed by atoms with E-state index in [1.165, 1.54) is 24.3 Å². The number of para-hydroxylation sites is 2. The average molecular weight is 474 g/mol. The molecular formula is C30H32FNO3. The number of nitrogens with zero attached hydrogens (tertiary/aromatic N) is 1. The number of hydrogen-bond donors (Lipinski definition) is 0. The normalized spacial score (nSPS) is 15.5. The molecule has 182 valence electrons. The van der Waals surface area contributed by atoms with E-state index in [0.29, 0.717) is 18.4 Å². The van der Waals surface area contributed by atoms with E-state index in [-0.39, 0.29) is 17.4 Å². The van der Waals surface area contributed by atoms with Gasteiger partial charge in [-0.25, -0.2) is 4.39 Å². The van der Waals surface area contributed by atoms with Crippen LogP contribution in [0.15, 0.2) is 78.9 Å². The lowest BCUT2D eigenvalue weighted by Gasteiger charge is -2.41. The summed E-state index contributed by atoms with van der Waals surface area (Å²) >= 11 is 0. The number of ketones is 2. The van der Waals surface area contributed by atoms with Crippen molar-refractivity contribution >= 4 is 11.6 Å². The van der Waals surface area contributed by atoms with Crippen LogP contribution in [0.5, 0.6) is 11.5 Å². The Morgan fingerprint density at radius 1 is 0.914 bits per heavy atom. The van der Waals surface area contributed by atoms with Gasteiger partial charge in [-0.15, -0.1) is 0 Å². The van der Waals surface area contributed by atoms with Gasteiger partial charge in [0.15, 0.2) is 5.78 Å². The number of benzene rings is 3. The molecule has 1 fully saturated rings. The summed E-state index contributed by atoms with van der Waals surface area (Å²) in [6, 6.07) is 23.3. The smallest absolute Gasteiger partial charge is 0.162 e. The molecule has 35 heavy (non-hydrogen) atoms. The zero-order valence-electron chi connectivity index (χ0n) is 20.2. The Bertz CT molecular complexity index is 1140. The van der Waals surface area contributed by atoms with E-state index in [9.17, 15) is 14.0 Å². The highest BCUT2D eigenvalue weighted by atomic mass is 19.1. The number of rotatable bonds is 10. The third kappa shape index (κ3) is 5.85. The van der Waals surface area contributed by atoms with E-state index in [1.54, 1.807) is 0 Å². The summed E-state index contributed by atoms with van der Waals surface area (Å²) in [4.78, 5) is 28.1. The van der Waals surface area contributed by atoms with Crippen LogP contribution in [0.1, 0.15) is 54.9 Å². The third-order valence-electron chi connectivity index (χ3n) is 6.98. The molecule has 0 amide bonds. The van der Waals surface area contributed by atoms with Gasteiger partial charge in [-0.2, -0.15) is 0 Å². The Balaban J connectivity index is 1.41. The Kier molecular flexibility index (Phi) is 8.09. The van der Waals surface area contributed by atoms with Crippen LogP contribution in [0.3, 0.4) is 0 Å². The first-order valence-corrected chi connectivity index (χ1v) is 12.4. The molecule has 1 aliphatic heterocycles. The second-order valence-electron chi connectivity index (χ2n) is 9.15. The monoisotopic (exact) mass is 473 g/mol. The van der Waals surface area contributed by atoms with E-state index < -0.39 is 5.41 Å². The summed E-state index contributed by atoms with van der Waals surface area (Å²) in [6.45, 7) is 4.30. The topological polar surface area (TPSA) is 46.6 Å². The highest BCUT2D eigenvalue weighted by Gasteiger charge is 2.43. The maximum absolute atomic E-state index is 13.3. The Labute approximate surface area is 206 Å². The standard InChI is InChI=1S/C30H32FNO3/c1-2-29(34)30(26-11-6-7-13-28(26)35-25-9-4-3-5-10-25)18-21-32(22-19-30)20-8-12-27(33)23-14-16-24(31)17-15-23/h3-7,9-11,13-17H,2,8,12,18-22H2,1H3. The number of carbonyl (C=O) groups excluding carboxylic acids is 2. The molecule has 0 bridgehead atoms. The van der Waals surface area contributed by atoms with Gasteiger partial charge in [-0.3, -0.25) is 9.59 Å². The first kappa shape index (κ1) is 24.8. The summed E-state index contributed by atoms with van der Waals surface area (Å²) in [5.41, 5.74) is 0.940. The van der Waals surface area contributed by atoms with Crippen molar-refractivity contribution in [3.63, 3.8) is 0 Å². The molecule has 3 aromatic carbocycles. The molecule has 0 N–H and O–H groups in total. The maximum Gasteiger partial charge on any atom is 0.162 e. The third-order valence-corrected chi connectivity index (χ3v) is 6.98. The van der Waals surface area contributed by atoms with Gasteiger partial charge in [-0.05, 0) is 81.4 Å². The average Bonchev–Trinajstić information content (AvgIpc) is 2.90. The minimum atomic E-state index is -0.569. The fourth-order valence-corrected chi connectivity index (χ4v) is 5.00. The molecule has 1 aliphatic rings. The molecule has 1 heterocycles. The minimum absolute atomic E-state index is 0.0319. The molecule has 0 radical (unpaired) electrons. The first-order chi connectivity index (χ1) is 17.0. The first-order valence-electron chi connectivity index (χ1n) is 12.4. The number of piperidine rings is 1. The summed E-state index contributed by atoms with van der Waals surface area (Å²) in [7, 11) is 0. The quantitative estimate of drug-likeness (QED) is 0.312. The zero-order valence-corrected chi connectivity index (χ0v) is 20.2. The van der Waals surface area contributed by atoms with Crippen molar-refractivity contribution in [2.24, 2.45) is 0 Å². The van der Waals surface area contributed by atoms with E-state index in [4.69, 9.17) is 4.74 Å². The Morgan fingerprint density at radius 3 is 2.26 bits per heavy atom. The van der Waals surface area contributed by atoms with Gasteiger partial charge in [0.2, 0.25) is 0 Å². The Hall–Kier alpha value is -3.31. The van der Waals surface area contributed by atoms with Crippen molar-refractivity contribution in [3.05, 3.63) is 95.8 Å². The molecule has 3 aromatic rings. The summed E-state index contributed by atoms with van der Waals surface area (Å²) in [5.74, 6) is 1.43. The highest BCUT2D eigenvalue weighted by molar-refractivity contribution is 5.96. The van der Waals surface area contributed by atoms with Gasteiger partial charge < -0.3 is 9.64 Å². The van der Waals surface area contributed by atoms with Gasteiger partial charge >= 0.3 is 0 Å². The van der Waals surface area contributed by atoms with Gasteiger partial charge in [0.25, 0.3) is 0 Å². The van der Waals surface area contributed by atoms with Crippen LogP contribution in [-0.4, -0.2) is 36.1 Å². The van der Waals surface area contributed by atoms with E-state index in [0.717, 1.165) is 56.0 Å². The zero-order chi connectivity index (χ0) is 24.7. The molecule has 0 aromatic heterocycles. The summed E-state index contributed by atoms with van der Waals surface area (Å²) in [6.07, 6.45) is 3.08. The van der Waals surface area contributed by atoms with Gasteiger partial charge in [-0.1, -0.05) is 43.3 Å². The van der Waals surface area contributed by atoms with Crippen LogP contribution in [0.4, 0.5) is 4.39 Å². The number of carbonyl (C=O) groups is 2. The lowest BCUT2D eigenvalue weighted by molar-refractivity contribution is -0.126. The number of Topliss-reactive ketones (excluding diaryl/α,β-unsaturated/α-hetero) is 2. The number of likely N-dealkylation sites (tertiary alicyclic amines) is 1. The molecule has 0 spiro atoms. The molecule has 0 aliphatic carbocycles. The fraction of sp³-hybridized carbons (Fsp3) is 0.333. The van der Waals surface area contributed by atoms with Gasteiger partial charge in [0, 0.05) is 24.0 Å². The second-order valence-corrected chi connectivity index (χ2v) is 9.15. The predicted octanol–water partition coefficient (Wildman–Crippen LogP) is 6.59. The second kappa shape index (κ2) is 11.4. The van der Waals surface area contributed by atoms with E-state index in [1.807, 2.05) is 61.5 Å². The molecule has 1 saturated heterocycles.